The van der Waals surface area contributed by atoms with E-state index in [0.717, 1.165) is 25.9 Å². The molecule has 0 spiro atoms. The molecule has 0 unspecified atom stereocenters. The molecule has 0 bridgehead atoms. The minimum atomic E-state index is -0.119. The average Bonchev–Trinajstić information content (AvgIpc) is 2.59. The van der Waals surface area contributed by atoms with Crippen LogP contribution in [0.4, 0.5) is 0 Å². The Morgan fingerprint density at radius 1 is 0.583 bits per heavy atom. The van der Waals surface area contributed by atoms with E-state index in [1.807, 2.05) is 0 Å². The Balaban J connectivity index is 3.10. The lowest BCUT2D eigenvalue weighted by Gasteiger charge is -2.07. The summed E-state index contributed by atoms with van der Waals surface area (Å²) in [6, 6.07) is 0. The van der Waals surface area contributed by atoms with E-state index in [2.05, 4.69) is 13.8 Å². The predicted molar refractivity (Wildman–Crippen MR) is 96.3 cm³/mol. The highest BCUT2D eigenvalue weighted by Crippen LogP contribution is 2.01. The zero-order valence-corrected chi connectivity index (χ0v) is 15.9. The van der Waals surface area contributed by atoms with Gasteiger partial charge in [0, 0.05) is 19.6 Å². The van der Waals surface area contributed by atoms with Gasteiger partial charge in [-0.1, -0.05) is 46.0 Å². The average molecular weight is 347 g/mol. The molecule has 0 saturated heterocycles. The van der Waals surface area contributed by atoms with Gasteiger partial charge in [0.1, 0.15) is 0 Å². The molecule has 5 heteroatoms. The van der Waals surface area contributed by atoms with Gasteiger partial charge in [0.25, 0.3) is 0 Å². The topological polar surface area (TPSA) is 54.0 Å². The zero-order valence-electron chi connectivity index (χ0n) is 15.9. The number of hydrogen-bond acceptors (Lipinski definition) is 5. The molecule has 0 aromatic rings. The lowest BCUT2D eigenvalue weighted by Crippen LogP contribution is -2.11. The summed E-state index contributed by atoms with van der Waals surface area (Å²) in [4.78, 5) is 11.5. The normalized spacial score (nSPS) is 10.9. The molecule has 0 aromatic heterocycles. The molecule has 0 aliphatic rings. The van der Waals surface area contributed by atoms with Crippen LogP contribution in [0.5, 0.6) is 0 Å². The second kappa shape index (κ2) is 20.4. The largest absolute Gasteiger partial charge is 0.466 e. The molecule has 0 N–H and O–H groups in total. The molecule has 0 aliphatic heterocycles. The fraction of sp³-hybridized carbons (Fsp3) is 0.947. The van der Waals surface area contributed by atoms with E-state index < -0.39 is 0 Å². The molecule has 0 amide bonds. The Hall–Kier alpha value is -0.650. The van der Waals surface area contributed by atoms with Gasteiger partial charge in [0.15, 0.2) is 0 Å². The number of rotatable bonds is 19. The van der Waals surface area contributed by atoms with E-state index in [1.54, 1.807) is 0 Å². The van der Waals surface area contributed by atoms with Crippen molar-refractivity contribution in [3.63, 3.8) is 0 Å². The summed E-state index contributed by atoms with van der Waals surface area (Å²) >= 11 is 0. The first-order valence-corrected chi connectivity index (χ1v) is 9.70. The van der Waals surface area contributed by atoms with Crippen LogP contribution in [0.3, 0.4) is 0 Å². The van der Waals surface area contributed by atoms with E-state index in [4.69, 9.17) is 18.9 Å². The maximum Gasteiger partial charge on any atom is 0.305 e. The van der Waals surface area contributed by atoms with Gasteiger partial charge in [-0.25, -0.2) is 0 Å². The highest BCUT2D eigenvalue weighted by molar-refractivity contribution is 5.69. The SMILES string of the molecule is CCCCCCOC(=O)CCCOCCOCCOCCCCC. The fourth-order valence-corrected chi connectivity index (χ4v) is 2.10. The number of carbonyl (C=O) groups excluding carboxylic acids is 1. The van der Waals surface area contributed by atoms with Crippen molar-refractivity contribution >= 4 is 5.97 Å². The Labute approximate surface area is 148 Å². The number of carbonyl (C=O) groups is 1. The molecule has 0 radical (unpaired) electrons. The van der Waals surface area contributed by atoms with Crippen molar-refractivity contribution in [1.82, 2.24) is 0 Å². The molecule has 0 fully saturated rings. The monoisotopic (exact) mass is 346 g/mol. The third kappa shape index (κ3) is 19.4. The molecule has 144 valence electrons. The van der Waals surface area contributed by atoms with Crippen LogP contribution >= 0.6 is 0 Å². The number of hydrogen-bond donors (Lipinski definition) is 0. The summed E-state index contributed by atoms with van der Waals surface area (Å²) in [5.74, 6) is -0.119. The van der Waals surface area contributed by atoms with Crippen LogP contribution in [-0.2, 0) is 23.7 Å². The van der Waals surface area contributed by atoms with E-state index in [9.17, 15) is 4.79 Å². The molecule has 0 atom stereocenters. The van der Waals surface area contributed by atoms with E-state index in [-0.39, 0.29) is 5.97 Å². The highest BCUT2D eigenvalue weighted by atomic mass is 16.5. The van der Waals surface area contributed by atoms with Gasteiger partial charge in [-0.15, -0.1) is 0 Å². The molecular weight excluding hydrogens is 308 g/mol. The first kappa shape index (κ1) is 23.4. The van der Waals surface area contributed by atoms with Crippen LogP contribution in [0.25, 0.3) is 0 Å². The minimum absolute atomic E-state index is 0.119. The molecule has 0 saturated carbocycles. The maximum absolute atomic E-state index is 11.5. The van der Waals surface area contributed by atoms with Gasteiger partial charge in [-0.3, -0.25) is 4.79 Å². The van der Waals surface area contributed by atoms with Crippen molar-refractivity contribution in [2.75, 3.05) is 46.2 Å². The Kier molecular flexibility index (Phi) is 19.8. The standard InChI is InChI=1S/C19H38O5/c1-3-5-7-9-14-24-19(20)11-10-13-22-16-18-23-17-15-21-12-8-6-4-2/h3-18H2,1-2H3. The molecule has 0 aromatic carbocycles. The van der Waals surface area contributed by atoms with Crippen LogP contribution in [0.15, 0.2) is 0 Å². The first-order valence-electron chi connectivity index (χ1n) is 9.70. The van der Waals surface area contributed by atoms with Crippen LogP contribution in [-0.4, -0.2) is 52.2 Å². The highest BCUT2D eigenvalue weighted by Gasteiger charge is 2.02. The molecule has 24 heavy (non-hydrogen) atoms. The Morgan fingerprint density at radius 3 is 1.71 bits per heavy atom. The fourth-order valence-electron chi connectivity index (χ4n) is 2.10. The van der Waals surface area contributed by atoms with Gasteiger partial charge >= 0.3 is 5.97 Å². The summed E-state index contributed by atoms with van der Waals surface area (Å²) < 4.78 is 21.4. The maximum atomic E-state index is 11.5. The Morgan fingerprint density at radius 2 is 1.08 bits per heavy atom. The second-order valence-corrected chi connectivity index (χ2v) is 5.93. The van der Waals surface area contributed by atoms with Crippen molar-refractivity contribution < 1.29 is 23.7 Å². The van der Waals surface area contributed by atoms with Gasteiger partial charge < -0.3 is 18.9 Å². The number of ether oxygens (including phenoxy) is 4. The molecular formula is C19H38O5. The van der Waals surface area contributed by atoms with Gasteiger partial charge in [0.2, 0.25) is 0 Å². The molecule has 5 nitrogen and oxygen atoms in total. The van der Waals surface area contributed by atoms with E-state index in [0.29, 0.717) is 52.5 Å². The van der Waals surface area contributed by atoms with Gasteiger partial charge in [-0.05, 0) is 19.3 Å². The van der Waals surface area contributed by atoms with Crippen LogP contribution < -0.4 is 0 Å². The quantitative estimate of drug-likeness (QED) is 0.260. The van der Waals surface area contributed by atoms with Crippen molar-refractivity contribution in [2.45, 2.75) is 71.6 Å². The number of esters is 1. The molecule has 0 aliphatic carbocycles. The van der Waals surface area contributed by atoms with Crippen molar-refractivity contribution in [1.29, 1.82) is 0 Å². The predicted octanol–water partition coefficient (Wildman–Crippen LogP) is 4.13. The summed E-state index contributed by atoms with van der Waals surface area (Å²) in [5.41, 5.74) is 0. The van der Waals surface area contributed by atoms with E-state index in [1.165, 1.54) is 25.7 Å². The second-order valence-electron chi connectivity index (χ2n) is 5.93. The van der Waals surface area contributed by atoms with Gasteiger partial charge in [0.05, 0.1) is 33.0 Å². The number of unbranched alkanes of at least 4 members (excludes halogenated alkanes) is 5. The van der Waals surface area contributed by atoms with Crippen LogP contribution in [0, 0.1) is 0 Å². The first-order chi connectivity index (χ1) is 11.8. The minimum Gasteiger partial charge on any atom is -0.466 e. The van der Waals surface area contributed by atoms with Crippen molar-refractivity contribution in [2.24, 2.45) is 0 Å². The summed E-state index contributed by atoms with van der Waals surface area (Å²) in [5, 5.41) is 0. The van der Waals surface area contributed by atoms with Crippen LogP contribution in [0.1, 0.15) is 71.6 Å². The summed E-state index contributed by atoms with van der Waals surface area (Å²) in [6.45, 7) is 8.67. The van der Waals surface area contributed by atoms with Gasteiger partial charge in [-0.2, -0.15) is 0 Å². The Bertz CT molecular complexity index is 258. The van der Waals surface area contributed by atoms with Crippen molar-refractivity contribution in [3.8, 4) is 0 Å². The smallest absolute Gasteiger partial charge is 0.305 e. The zero-order chi connectivity index (χ0) is 17.7. The lowest BCUT2D eigenvalue weighted by molar-refractivity contribution is -0.144. The lowest BCUT2D eigenvalue weighted by atomic mass is 10.2. The summed E-state index contributed by atoms with van der Waals surface area (Å²) in [7, 11) is 0. The third-order valence-corrected chi connectivity index (χ3v) is 3.57. The molecule has 0 rings (SSSR count). The van der Waals surface area contributed by atoms with Crippen molar-refractivity contribution in [3.05, 3.63) is 0 Å². The van der Waals surface area contributed by atoms with E-state index >= 15 is 0 Å². The third-order valence-electron chi connectivity index (χ3n) is 3.57. The van der Waals surface area contributed by atoms with Crippen LogP contribution in [0.2, 0.25) is 0 Å². The summed E-state index contributed by atoms with van der Waals surface area (Å²) in [6.07, 6.45) is 9.20. The molecule has 0 heterocycles.